The van der Waals surface area contributed by atoms with Crippen molar-refractivity contribution < 1.29 is 0 Å². The average molecular weight is 244 g/mol. The molecule has 0 aromatic rings. The van der Waals surface area contributed by atoms with Crippen molar-refractivity contribution in [1.82, 2.24) is 0 Å². The van der Waals surface area contributed by atoms with Gasteiger partial charge in [-0.15, -0.1) is 0 Å². The number of rotatable bonds is 0. The minimum atomic E-state index is 0.480. The SMILES string of the molecule is C=C1[C@@H]2CC[C@@]3(C)CC4[C@@H](C)CC[C@]1(C)CC43C2. The molecule has 0 saturated heterocycles. The van der Waals surface area contributed by atoms with Gasteiger partial charge < -0.3 is 0 Å². The minimum absolute atomic E-state index is 0.480. The van der Waals surface area contributed by atoms with Crippen LogP contribution >= 0.6 is 0 Å². The summed E-state index contributed by atoms with van der Waals surface area (Å²) in [5.41, 5.74) is 3.51. The number of hydrogen-bond donors (Lipinski definition) is 0. The predicted molar refractivity (Wildman–Crippen MR) is 76.3 cm³/mol. The van der Waals surface area contributed by atoms with Gasteiger partial charge in [0.05, 0.1) is 0 Å². The average Bonchev–Trinajstić information content (AvgIpc) is 2.40. The molecule has 0 heterocycles. The molecule has 2 unspecified atom stereocenters. The molecule has 4 aliphatic rings. The first-order valence-corrected chi connectivity index (χ1v) is 8.10. The van der Waals surface area contributed by atoms with Gasteiger partial charge in [-0.1, -0.05) is 32.9 Å². The Labute approximate surface area is 112 Å². The van der Waals surface area contributed by atoms with Crippen LogP contribution in [0.25, 0.3) is 0 Å². The lowest BCUT2D eigenvalue weighted by atomic mass is 9.32. The molecular weight excluding hydrogens is 216 g/mol. The molecule has 0 nitrogen and oxygen atoms in total. The van der Waals surface area contributed by atoms with Crippen LogP contribution in [-0.4, -0.2) is 0 Å². The molecule has 0 radical (unpaired) electrons. The fourth-order valence-electron chi connectivity index (χ4n) is 6.74. The van der Waals surface area contributed by atoms with Crippen molar-refractivity contribution in [2.75, 3.05) is 0 Å². The van der Waals surface area contributed by atoms with Crippen LogP contribution in [-0.2, 0) is 0 Å². The van der Waals surface area contributed by atoms with Crippen LogP contribution in [0, 0.1) is 34.0 Å². The van der Waals surface area contributed by atoms with Gasteiger partial charge in [0.25, 0.3) is 0 Å². The van der Waals surface area contributed by atoms with E-state index in [-0.39, 0.29) is 0 Å². The number of allylic oxidation sites excluding steroid dienone is 1. The molecule has 3 bridgehead atoms. The zero-order valence-electron chi connectivity index (χ0n) is 12.4. The van der Waals surface area contributed by atoms with Gasteiger partial charge in [0, 0.05) is 0 Å². The maximum atomic E-state index is 4.55. The lowest BCUT2D eigenvalue weighted by Gasteiger charge is -2.72. The van der Waals surface area contributed by atoms with Crippen molar-refractivity contribution in [3.05, 3.63) is 12.2 Å². The van der Waals surface area contributed by atoms with Gasteiger partial charge in [-0.3, -0.25) is 0 Å². The third-order valence-electron chi connectivity index (χ3n) is 8.05. The van der Waals surface area contributed by atoms with Crippen molar-refractivity contribution in [3.8, 4) is 0 Å². The number of fused-ring (bicyclic) bond motifs is 2. The molecule has 0 N–H and O–H groups in total. The van der Waals surface area contributed by atoms with Crippen molar-refractivity contribution in [2.45, 2.75) is 65.7 Å². The van der Waals surface area contributed by atoms with Gasteiger partial charge in [-0.2, -0.15) is 0 Å². The van der Waals surface area contributed by atoms with E-state index in [9.17, 15) is 0 Å². The summed E-state index contributed by atoms with van der Waals surface area (Å²) in [5.74, 6) is 2.87. The van der Waals surface area contributed by atoms with Crippen LogP contribution in [0.1, 0.15) is 65.7 Å². The Morgan fingerprint density at radius 2 is 1.89 bits per heavy atom. The molecule has 1 spiro atoms. The van der Waals surface area contributed by atoms with Gasteiger partial charge >= 0.3 is 0 Å². The van der Waals surface area contributed by atoms with Gasteiger partial charge in [0.15, 0.2) is 0 Å². The van der Waals surface area contributed by atoms with E-state index in [4.69, 9.17) is 0 Å². The zero-order valence-corrected chi connectivity index (χ0v) is 12.4. The highest BCUT2D eigenvalue weighted by Gasteiger charge is 2.69. The molecule has 0 aliphatic heterocycles. The molecule has 4 aliphatic carbocycles. The molecule has 0 aromatic heterocycles. The van der Waals surface area contributed by atoms with Crippen LogP contribution in [0.5, 0.6) is 0 Å². The third-order valence-corrected chi connectivity index (χ3v) is 8.05. The maximum Gasteiger partial charge on any atom is -0.0111 e. The van der Waals surface area contributed by atoms with E-state index in [1.165, 1.54) is 44.9 Å². The largest absolute Gasteiger partial charge is 0.0990 e. The molecule has 6 atom stereocenters. The molecule has 4 rings (SSSR count). The first kappa shape index (κ1) is 11.6. The van der Waals surface area contributed by atoms with Crippen LogP contribution in [0.15, 0.2) is 12.2 Å². The summed E-state index contributed by atoms with van der Waals surface area (Å²) < 4.78 is 0. The van der Waals surface area contributed by atoms with Gasteiger partial charge in [0.1, 0.15) is 0 Å². The second-order valence-corrected chi connectivity index (χ2v) is 8.75. The summed E-state index contributed by atoms with van der Waals surface area (Å²) in [5, 5.41) is 0. The molecule has 4 saturated carbocycles. The summed E-state index contributed by atoms with van der Waals surface area (Å²) in [7, 11) is 0. The molecule has 18 heavy (non-hydrogen) atoms. The highest BCUT2D eigenvalue weighted by Crippen LogP contribution is 2.78. The van der Waals surface area contributed by atoms with Crippen molar-refractivity contribution in [1.29, 1.82) is 0 Å². The van der Waals surface area contributed by atoms with Gasteiger partial charge in [-0.25, -0.2) is 0 Å². The molecule has 100 valence electrons. The third kappa shape index (κ3) is 1.06. The Hall–Kier alpha value is -0.260. The second-order valence-electron chi connectivity index (χ2n) is 8.75. The smallest absolute Gasteiger partial charge is 0.0111 e. The standard InChI is InChI=1S/C18H28/c1-12-5-7-16(3)11-18-9-14(13(16)2)6-8-17(18,4)10-15(12)18/h12,14-15H,2,5-11H2,1,3-4H3/t12-,14+,15?,16+,17-,18?/m0/s1. The van der Waals surface area contributed by atoms with E-state index in [2.05, 4.69) is 27.4 Å². The summed E-state index contributed by atoms with van der Waals surface area (Å²) in [6.07, 6.45) is 10.3. The highest BCUT2D eigenvalue weighted by atomic mass is 14.7. The molecule has 0 heteroatoms. The van der Waals surface area contributed by atoms with E-state index >= 15 is 0 Å². The lowest BCUT2D eigenvalue weighted by molar-refractivity contribution is -0.214. The summed E-state index contributed by atoms with van der Waals surface area (Å²) in [6, 6.07) is 0. The zero-order chi connectivity index (χ0) is 12.8. The Bertz CT molecular complexity index is 422. The van der Waals surface area contributed by atoms with E-state index in [0.717, 1.165) is 17.8 Å². The van der Waals surface area contributed by atoms with E-state index in [0.29, 0.717) is 16.2 Å². The Morgan fingerprint density at radius 1 is 1.11 bits per heavy atom. The summed E-state index contributed by atoms with van der Waals surface area (Å²) in [6.45, 7) is 12.3. The normalized spacial score (nSPS) is 61.9. The maximum absolute atomic E-state index is 4.55. The highest BCUT2D eigenvalue weighted by molar-refractivity contribution is 5.28. The van der Waals surface area contributed by atoms with E-state index in [1.54, 1.807) is 5.57 Å². The molecular formula is C18H28. The monoisotopic (exact) mass is 244 g/mol. The fraction of sp³-hybridized carbons (Fsp3) is 0.889. The molecule has 4 fully saturated rings. The predicted octanol–water partition coefficient (Wildman–Crippen LogP) is 5.20. The number of hydrogen-bond acceptors (Lipinski definition) is 0. The van der Waals surface area contributed by atoms with Gasteiger partial charge in [-0.05, 0) is 78.9 Å². The summed E-state index contributed by atoms with van der Waals surface area (Å²) >= 11 is 0. The minimum Gasteiger partial charge on any atom is -0.0990 e. The first-order chi connectivity index (χ1) is 8.40. The quantitative estimate of drug-likeness (QED) is 0.514. The van der Waals surface area contributed by atoms with Crippen LogP contribution < -0.4 is 0 Å². The Morgan fingerprint density at radius 3 is 2.67 bits per heavy atom. The van der Waals surface area contributed by atoms with Crippen LogP contribution in [0.4, 0.5) is 0 Å². The second kappa shape index (κ2) is 3.07. The van der Waals surface area contributed by atoms with Crippen molar-refractivity contribution >= 4 is 0 Å². The van der Waals surface area contributed by atoms with E-state index < -0.39 is 0 Å². The van der Waals surface area contributed by atoms with Gasteiger partial charge in [0.2, 0.25) is 0 Å². The summed E-state index contributed by atoms with van der Waals surface area (Å²) in [4.78, 5) is 0. The topological polar surface area (TPSA) is 0 Å². The van der Waals surface area contributed by atoms with E-state index in [1.807, 2.05) is 0 Å². The first-order valence-electron chi connectivity index (χ1n) is 8.10. The van der Waals surface area contributed by atoms with Crippen LogP contribution in [0.2, 0.25) is 0 Å². The van der Waals surface area contributed by atoms with Crippen molar-refractivity contribution in [3.63, 3.8) is 0 Å². The Balaban J connectivity index is 1.86. The molecule has 0 amide bonds. The van der Waals surface area contributed by atoms with Crippen LogP contribution in [0.3, 0.4) is 0 Å². The fourth-order valence-corrected chi connectivity index (χ4v) is 6.74. The van der Waals surface area contributed by atoms with Crippen molar-refractivity contribution in [2.24, 2.45) is 34.0 Å². The Kier molecular flexibility index (Phi) is 1.97. The lowest BCUT2D eigenvalue weighted by Crippen LogP contribution is -2.64. The molecule has 0 aromatic carbocycles.